The van der Waals surface area contributed by atoms with Crippen molar-refractivity contribution >= 4 is 43.3 Å². The van der Waals surface area contributed by atoms with Gasteiger partial charge in [-0.05, 0) is 70.5 Å². The van der Waals surface area contributed by atoms with Crippen LogP contribution >= 0.6 is 15.9 Å². The molecule has 1 heterocycles. The van der Waals surface area contributed by atoms with Crippen LogP contribution in [0.1, 0.15) is 18.4 Å². The van der Waals surface area contributed by atoms with Gasteiger partial charge in [0.15, 0.2) is 0 Å². The lowest BCUT2D eigenvalue weighted by atomic mass is 9.93. The fourth-order valence-electron chi connectivity index (χ4n) is 6.60. The highest BCUT2D eigenvalue weighted by Crippen LogP contribution is 2.41. The zero-order valence-corrected chi connectivity index (χ0v) is 25.8. The predicted molar refractivity (Wildman–Crippen MR) is 191 cm³/mol. The average Bonchev–Trinajstić information content (AvgIpc) is 3.42. The lowest BCUT2D eigenvalue weighted by molar-refractivity contribution is 1.04. The summed E-state index contributed by atoms with van der Waals surface area (Å²) in [5, 5.41) is 2.53. The molecule has 6 aromatic carbocycles. The van der Waals surface area contributed by atoms with Crippen LogP contribution in [0.4, 0.5) is 0 Å². The van der Waals surface area contributed by atoms with Crippen molar-refractivity contribution in [1.29, 1.82) is 0 Å². The molecular formula is C42H30BrN. The molecule has 0 atom stereocenters. The van der Waals surface area contributed by atoms with Gasteiger partial charge in [0.2, 0.25) is 0 Å². The number of allylic oxidation sites excluding steroid dienone is 4. The van der Waals surface area contributed by atoms with E-state index in [-0.39, 0.29) is 0 Å². The van der Waals surface area contributed by atoms with Gasteiger partial charge in [-0.15, -0.1) is 0 Å². The molecule has 0 unspecified atom stereocenters. The predicted octanol–water partition coefficient (Wildman–Crippen LogP) is 12.3. The highest BCUT2D eigenvalue weighted by Gasteiger charge is 2.20. The van der Waals surface area contributed by atoms with E-state index >= 15 is 0 Å². The van der Waals surface area contributed by atoms with E-state index in [1.165, 1.54) is 72.0 Å². The Hall–Kier alpha value is -4.92. The number of hydrogen-bond donors (Lipinski definition) is 0. The Labute approximate surface area is 266 Å². The third-order valence-corrected chi connectivity index (χ3v) is 9.19. The Morgan fingerprint density at radius 3 is 1.91 bits per heavy atom. The summed E-state index contributed by atoms with van der Waals surface area (Å²) in [4.78, 5) is 0. The summed E-state index contributed by atoms with van der Waals surface area (Å²) < 4.78 is 3.59. The van der Waals surface area contributed by atoms with Crippen LogP contribution in [0.2, 0.25) is 0 Å². The molecule has 1 aromatic heterocycles. The third kappa shape index (κ3) is 4.72. The van der Waals surface area contributed by atoms with Crippen LogP contribution in [0, 0.1) is 0 Å². The summed E-state index contributed by atoms with van der Waals surface area (Å²) in [5.74, 6) is 0. The van der Waals surface area contributed by atoms with Crippen molar-refractivity contribution in [2.75, 3.05) is 0 Å². The number of hydrogen-bond acceptors (Lipinski definition) is 0. The van der Waals surface area contributed by atoms with Gasteiger partial charge in [0.1, 0.15) is 0 Å². The van der Waals surface area contributed by atoms with Gasteiger partial charge in [0.25, 0.3) is 0 Å². The van der Waals surface area contributed by atoms with Gasteiger partial charge in [-0.2, -0.15) is 0 Å². The Morgan fingerprint density at radius 1 is 0.477 bits per heavy atom. The van der Waals surface area contributed by atoms with E-state index in [0.29, 0.717) is 0 Å². The normalized spacial score (nSPS) is 13.0. The Balaban J connectivity index is 1.37. The summed E-state index contributed by atoms with van der Waals surface area (Å²) in [5.41, 5.74) is 13.5. The largest absolute Gasteiger partial charge is 0.308 e. The molecule has 7 aromatic rings. The topological polar surface area (TPSA) is 4.93 Å². The van der Waals surface area contributed by atoms with E-state index in [1.807, 2.05) is 0 Å². The Bertz CT molecular complexity index is 2220. The number of halogens is 1. The van der Waals surface area contributed by atoms with Gasteiger partial charge in [0.05, 0.1) is 16.7 Å². The second kappa shape index (κ2) is 11.3. The molecular weight excluding hydrogens is 598 g/mol. The minimum Gasteiger partial charge on any atom is -0.308 e. The summed E-state index contributed by atoms with van der Waals surface area (Å²) in [7, 11) is 0. The van der Waals surface area contributed by atoms with E-state index in [1.54, 1.807) is 0 Å². The standard InChI is InChI=1S/C42H30BrN/c43-35-16-9-15-33(27-35)29-21-23-30(24-22-29)34-25-26-39-38-17-7-8-20-40(38)44(41(39)28-34)42-36(31-11-3-1-4-12-31)18-10-19-37(42)32-13-5-2-6-14-32/h1,3-5,7-28H,2,6H2. The SMILES string of the molecule is Brc1cccc(-c2ccc(-c3ccc4c5ccccc5n(-c5c(C6=CCCC=C6)cccc5-c5ccccc5)c4c3)cc2)c1. The van der Waals surface area contributed by atoms with Crippen molar-refractivity contribution in [3.63, 3.8) is 0 Å². The smallest absolute Gasteiger partial charge is 0.0618 e. The molecule has 1 aliphatic rings. The monoisotopic (exact) mass is 627 g/mol. The first-order valence-electron chi connectivity index (χ1n) is 15.2. The summed E-state index contributed by atoms with van der Waals surface area (Å²) >= 11 is 3.61. The molecule has 0 spiro atoms. The zero-order valence-electron chi connectivity index (χ0n) is 24.3. The third-order valence-electron chi connectivity index (χ3n) is 8.70. The van der Waals surface area contributed by atoms with Crippen molar-refractivity contribution in [1.82, 2.24) is 4.57 Å². The van der Waals surface area contributed by atoms with E-state index in [4.69, 9.17) is 0 Å². The highest BCUT2D eigenvalue weighted by atomic mass is 79.9. The molecule has 0 fully saturated rings. The lowest BCUT2D eigenvalue weighted by Gasteiger charge is -2.20. The molecule has 1 aliphatic carbocycles. The molecule has 0 saturated carbocycles. The van der Waals surface area contributed by atoms with Crippen molar-refractivity contribution < 1.29 is 0 Å². The minimum absolute atomic E-state index is 1.06. The summed E-state index contributed by atoms with van der Waals surface area (Å²) in [6.07, 6.45) is 9.14. The Kier molecular flexibility index (Phi) is 6.85. The van der Waals surface area contributed by atoms with Crippen LogP contribution in [0.15, 0.2) is 162 Å². The number of rotatable bonds is 5. The van der Waals surface area contributed by atoms with E-state index in [0.717, 1.165) is 17.3 Å². The number of para-hydroxylation sites is 2. The van der Waals surface area contributed by atoms with Gasteiger partial charge in [-0.1, -0.05) is 149 Å². The average molecular weight is 629 g/mol. The van der Waals surface area contributed by atoms with Gasteiger partial charge in [-0.25, -0.2) is 0 Å². The van der Waals surface area contributed by atoms with Crippen LogP contribution < -0.4 is 0 Å². The zero-order chi connectivity index (χ0) is 29.5. The van der Waals surface area contributed by atoms with Crippen LogP contribution in [-0.4, -0.2) is 4.57 Å². The lowest BCUT2D eigenvalue weighted by Crippen LogP contribution is -2.03. The van der Waals surface area contributed by atoms with Crippen molar-refractivity contribution in [3.05, 3.63) is 168 Å². The molecule has 210 valence electrons. The Morgan fingerprint density at radius 2 is 1.14 bits per heavy atom. The van der Waals surface area contributed by atoms with Crippen LogP contribution in [0.25, 0.3) is 66.4 Å². The number of fused-ring (bicyclic) bond motifs is 3. The molecule has 0 aliphatic heterocycles. The van der Waals surface area contributed by atoms with Gasteiger partial charge >= 0.3 is 0 Å². The molecule has 44 heavy (non-hydrogen) atoms. The van der Waals surface area contributed by atoms with Crippen molar-refractivity contribution in [2.45, 2.75) is 12.8 Å². The first kappa shape index (κ1) is 26.7. The second-order valence-corrected chi connectivity index (χ2v) is 12.3. The second-order valence-electron chi connectivity index (χ2n) is 11.4. The van der Waals surface area contributed by atoms with Crippen molar-refractivity contribution in [2.24, 2.45) is 0 Å². The van der Waals surface area contributed by atoms with Crippen LogP contribution in [-0.2, 0) is 0 Å². The van der Waals surface area contributed by atoms with Crippen LogP contribution in [0.3, 0.4) is 0 Å². The molecule has 0 radical (unpaired) electrons. The van der Waals surface area contributed by atoms with E-state index in [2.05, 4.69) is 178 Å². The quantitative estimate of drug-likeness (QED) is 0.179. The number of benzene rings is 6. The molecule has 2 heteroatoms. The van der Waals surface area contributed by atoms with Crippen molar-refractivity contribution in [3.8, 4) is 39.1 Å². The molecule has 0 bridgehead atoms. The minimum atomic E-state index is 1.06. The molecule has 8 rings (SSSR count). The van der Waals surface area contributed by atoms with Crippen LogP contribution in [0.5, 0.6) is 0 Å². The number of aromatic nitrogens is 1. The molecule has 1 nitrogen and oxygen atoms in total. The molecule has 0 saturated heterocycles. The summed E-state index contributed by atoms with van der Waals surface area (Å²) in [6, 6.07) is 50.7. The van der Waals surface area contributed by atoms with Gasteiger partial charge in [0, 0.05) is 26.4 Å². The first-order valence-corrected chi connectivity index (χ1v) is 16.0. The van der Waals surface area contributed by atoms with E-state index < -0.39 is 0 Å². The van der Waals surface area contributed by atoms with E-state index in [9.17, 15) is 0 Å². The fraction of sp³-hybridized carbons (Fsp3) is 0.0476. The number of nitrogens with zero attached hydrogens (tertiary/aromatic N) is 1. The highest BCUT2D eigenvalue weighted by molar-refractivity contribution is 9.10. The molecule has 0 N–H and O–H groups in total. The van der Waals surface area contributed by atoms with Gasteiger partial charge in [-0.3, -0.25) is 0 Å². The fourth-order valence-corrected chi connectivity index (χ4v) is 6.99. The maximum atomic E-state index is 3.61. The maximum absolute atomic E-state index is 3.61. The van der Waals surface area contributed by atoms with Gasteiger partial charge < -0.3 is 4.57 Å². The first-order chi connectivity index (χ1) is 21.7. The maximum Gasteiger partial charge on any atom is 0.0618 e. The molecule has 0 amide bonds. The summed E-state index contributed by atoms with van der Waals surface area (Å²) in [6.45, 7) is 0.